The maximum atomic E-state index is 12.5. The molecule has 0 aromatic carbocycles. The summed E-state index contributed by atoms with van der Waals surface area (Å²) in [5, 5.41) is 3.40. The molecule has 1 aromatic heterocycles. The SMILES string of the molecule is CCN(c1nccn(C(C)C)c1=O)C1CCCNC1. The molecule has 106 valence electrons. The predicted octanol–water partition coefficient (Wildman–Crippen LogP) is 1.40. The molecule has 0 aliphatic carbocycles. The van der Waals surface area contributed by atoms with Gasteiger partial charge in [0.2, 0.25) is 0 Å². The molecule has 0 saturated carbocycles. The van der Waals surface area contributed by atoms with Gasteiger partial charge in [-0.05, 0) is 40.2 Å². The van der Waals surface area contributed by atoms with E-state index in [9.17, 15) is 4.79 Å². The van der Waals surface area contributed by atoms with Crippen molar-refractivity contribution in [2.45, 2.75) is 45.7 Å². The lowest BCUT2D eigenvalue weighted by molar-refractivity contribution is 0.430. The fourth-order valence-corrected chi connectivity index (χ4v) is 2.70. The van der Waals surface area contributed by atoms with E-state index in [0.717, 1.165) is 32.5 Å². The van der Waals surface area contributed by atoms with E-state index in [4.69, 9.17) is 0 Å². The molecule has 1 aromatic rings. The molecular formula is C14H24N4O. The van der Waals surface area contributed by atoms with Gasteiger partial charge >= 0.3 is 0 Å². The van der Waals surface area contributed by atoms with Crippen LogP contribution in [-0.2, 0) is 0 Å². The third kappa shape index (κ3) is 2.97. The molecule has 5 heteroatoms. The molecule has 1 unspecified atom stereocenters. The second-order valence-corrected chi connectivity index (χ2v) is 5.34. The second kappa shape index (κ2) is 6.19. The zero-order chi connectivity index (χ0) is 13.8. The quantitative estimate of drug-likeness (QED) is 0.893. The van der Waals surface area contributed by atoms with Crippen molar-refractivity contribution in [3.8, 4) is 0 Å². The molecule has 5 nitrogen and oxygen atoms in total. The Morgan fingerprint density at radius 2 is 2.37 bits per heavy atom. The van der Waals surface area contributed by atoms with Crippen LogP contribution < -0.4 is 15.8 Å². The van der Waals surface area contributed by atoms with Crippen LogP contribution >= 0.6 is 0 Å². The average molecular weight is 264 g/mol. The molecular weight excluding hydrogens is 240 g/mol. The van der Waals surface area contributed by atoms with E-state index in [1.807, 2.05) is 13.8 Å². The van der Waals surface area contributed by atoms with Crippen LogP contribution in [0.5, 0.6) is 0 Å². The summed E-state index contributed by atoms with van der Waals surface area (Å²) in [6, 6.07) is 0.541. The number of anilines is 1. The molecule has 0 amide bonds. The van der Waals surface area contributed by atoms with Crippen LogP contribution in [0.2, 0.25) is 0 Å². The minimum atomic E-state index is 0.0184. The number of piperidine rings is 1. The Bertz CT molecular complexity index is 463. The minimum absolute atomic E-state index is 0.0184. The van der Waals surface area contributed by atoms with Crippen LogP contribution in [0, 0.1) is 0 Å². The normalized spacial score (nSPS) is 19.7. The predicted molar refractivity (Wildman–Crippen MR) is 77.8 cm³/mol. The average Bonchev–Trinajstić information content (AvgIpc) is 2.42. The first kappa shape index (κ1) is 14.1. The topological polar surface area (TPSA) is 50.2 Å². The summed E-state index contributed by atoms with van der Waals surface area (Å²) in [4.78, 5) is 19.0. The molecule has 0 radical (unpaired) electrons. The number of nitrogens with one attached hydrogen (secondary N) is 1. The lowest BCUT2D eigenvalue weighted by Gasteiger charge is -2.34. The largest absolute Gasteiger partial charge is 0.348 e. The van der Waals surface area contributed by atoms with E-state index in [1.54, 1.807) is 17.0 Å². The standard InChI is InChI=1S/C14H24N4O/c1-4-17(12-6-5-7-15-10-12)13-14(19)18(11(2)3)9-8-16-13/h8-9,11-12,15H,4-7,10H2,1-3H3. The molecule has 1 aliphatic heterocycles. The Balaban J connectivity index is 2.32. The molecule has 1 aliphatic rings. The summed E-state index contributed by atoms with van der Waals surface area (Å²) in [7, 11) is 0. The number of rotatable bonds is 4. The zero-order valence-corrected chi connectivity index (χ0v) is 12.1. The van der Waals surface area contributed by atoms with Gasteiger partial charge in [0, 0.05) is 37.6 Å². The highest BCUT2D eigenvalue weighted by molar-refractivity contribution is 5.37. The Hall–Kier alpha value is -1.36. The van der Waals surface area contributed by atoms with Gasteiger partial charge in [0.25, 0.3) is 5.56 Å². The molecule has 1 atom stereocenters. The van der Waals surface area contributed by atoms with Gasteiger partial charge in [-0.15, -0.1) is 0 Å². The van der Waals surface area contributed by atoms with Gasteiger partial charge in [-0.25, -0.2) is 4.98 Å². The molecule has 19 heavy (non-hydrogen) atoms. The second-order valence-electron chi connectivity index (χ2n) is 5.34. The van der Waals surface area contributed by atoms with E-state index >= 15 is 0 Å². The monoisotopic (exact) mass is 264 g/mol. The molecule has 1 N–H and O–H groups in total. The maximum Gasteiger partial charge on any atom is 0.293 e. The third-order valence-corrected chi connectivity index (χ3v) is 3.73. The first-order chi connectivity index (χ1) is 9.15. The summed E-state index contributed by atoms with van der Waals surface area (Å²) in [5.74, 6) is 0.590. The van der Waals surface area contributed by atoms with Crippen molar-refractivity contribution in [1.82, 2.24) is 14.9 Å². The van der Waals surface area contributed by atoms with E-state index in [-0.39, 0.29) is 11.6 Å². The highest BCUT2D eigenvalue weighted by Gasteiger charge is 2.23. The molecule has 0 spiro atoms. The highest BCUT2D eigenvalue weighted by atomic mass is 16.1. The van der Waals surface area contributed by atoms with E-state index in [0.29, 0.717) is 11.9 Å². The molecule has 2 rings (SSSR count). The van der Waals surface area contributed by atoms with E-state index < -0.39 is 0 Å². The van der Waals surface area contributed by atoms with Crippen LogP contribution in [0.1, 0.15) is 39.7 Å². The Morgan fingerprint density at radius 1 is 1.58 bits per heavy atom. The number of nitrogens with zero attached hydrogens (tertiary/aromatic N) is 3. The van der Waals surface area contributed by atoms with Crippen LogP contribution in [0.4, 0.5) is 5.82 Å². The number of hydrogen-bond acceptors (Lipinski definition) is 4. The first-order valence-corrected chi connectivity index (χ1v) is 7.19. The Morgan fingerprint density at radius 3 is 2.95 bits per heavy atom. The summed E-state index contributed by atoms with van der Waals surface area (Å²) in [6.07, 6.45) is 5.78. The number of aromatic nitrogens is 2. The van der Waals surface area contributed by atoms with Crippen LogP contribution in [0.15, 0.2) is 17.2 Å². The molecule has 0 bridgehead atoms. The summed E-state index contributed by atoms with van der Waals surface area (Å²) in [5.41, 5.74) is 0.0184. The van der Waals surface area contributed by atoms with Gasteiger partial charge in [-0.3, -0.25) is 4.79 Å². The summed E-state index contributed by atoms with van der Waals surface area (Å²) < 4.78 is 1.75. The van der Waals surface area contributed by atoms with Crippen molar-refractivity contribution in [2.75, 3.05) is 24.5 Å². The molecule has 1 fully saturated rings. The lowest BCUT2D eigenvalue weighted by Crippen LogP contribution is -2.48. The van der Waals surface area contributed by atoms with Crippen molar-refractivity contribution in [3.63, 3.8) is 0 Å². The van der Waals surface area contributed by atoms with Crippen molar-refractivity contribution in [1.29, 1.82) is 0 Å². The summed E-state index contributed by atoms with van der Waals surface area (Å²) in [6.45, 7) is 8.95. The van der Waals surface area contributed by atoms with E-state index in [1.165, 1.54) is 0 Å². The van der Waals surface area contributed by atoms with Crippen molar-refractivity contribution in [2.24, 2.45) is 0 Å². The van der Waals surface area contributed by atoms with Gasteiger partial charge in [-0.2, -0.15) is 0 Å². The third-order valence-electron chi connectivity index (χ3n) is 3.73. The maximum absolute atomic E-state index is 12.5. The summed E-state index contributed by atoms with van der Waals surface area (Å²) >= 11 is 0. The van der Waals surface area contributed by atoms with Crippen molar-refractivity contribution < 1.29 is 0 Å². The lowest BCUT2D eigenvalue weighted by atomic mass is 10.1. The van der Waals surface area contributed by atoms with Crippen molar-refractivity contribution in [3.05, 3.63) is 22.7 Å². The van der Waals surface area contributed by atoms with Crippen LogP contribution in [-0.4, -0.2) is 35.2 Å². The van der Waals surface area contributed by atoms with Crippen LogP contribution in [0.3, 0.4) is 0 Å². The van der Waals surface area contributed by atoms with E-state index in [2.05, 4.69) is 22.1 Å². The Labute approximate surface area is 114 Å². The Kier molecular flexibility index (Phi) is 4.58. The first-order valence-electron chi connectivity index (χ1n) is 7.19. The number of likely N-dealkylation sites (N-methyl/N-ethyl adjacent to an activating group) is 1. The van der Waals surface area contributed by atoms with Crippen LogP contribution in [0.25, 0.3) is 0 Å². The van der Waals surface area contributed by atoms with Gasteiger partial charge in [0.1, 0.15) is 0 Å². The van der Waals surface area contributed by atoms with Gasteiger partial charge in [0.15, 0.2) is 5.82 Å². The molecule has 2 heterocycles. The number of hydrogen-bond donors (Lipinski definition) is 1. The van der Waals surface area contributed by atoms with Crippen molar-refractivity contribution >= 4 is 5.82 Å². The fourth-order valence-electron chi connectivity index (χ4n) is 2.70. The fraction of sp³-hybridized carbons (Fsp3) is 0.714. The van der Waals surface area contributed by atoms with Gasteiger partial charge < -0.3 is 14.8 Å². The highest BCUT2D eigenvalue weighted by Crippen LogP contribution is 2.15. The molecule has 1 saturated heterocycles. The minimum Gasteiger partial charge on any atom is -0.348 e. The van der Waals surface area contributed by atoms with Gasteiger partial charge in [-0.1, -0.05) is 0 Å². The van der Waals surface area contributed by atoms with Gasteiger partial charge in [0.05, 0.1) is 0 Å². The zero-order valence-electron chi connectivity index (χ0n) is 12.1. The smallest absolute Gasteiger partial charge is 0.293 e.